The molecular formula is C16H24N2O2. The van der Waals surface area contributed by atoms with Crippen LogP contribution in [0.2, 0.25) is 0 Å². The van der Waals surface area contributed by atoms with Crippen LogP contribution >= 0.6 is 0 Å². The third-order valence-corrected chi connectivity index (χ3v) is 3.19. The number of aliphatic hydroxyl groups is 1. The minimum Gasteiger partial charge on any atom is -0.395 e. The fourth-order valence-electron chi connectivity index (χ4n) is 1.90. The summed E-state index contributed by atoms with van der Waals surface area (Å²) in [4.78, 5) is 13.8. The summed E-state index contributed by atoms with van der Waals surface area (Å²) in [6, 6.07) is 7.94. The van der Waals surface area contributed by atoms with Crippen molar-refractivity contribution in [2.75, 3.05) is 32.8 Å². The first kappa shape index (κ1) is 16.4. The summed E-state index contributed by atoms with van der Waals surface area (Å²) >= 11 is 0. The molecule has 0 aromatic heterocycles. The van der Waals surface area contributed by atoms with Gasteiger partial charge in [-0.3, -0.25) is 9.69 Å². The van der Waals surface area contributed by atoms with Crippen LogP contribution in [0.5, 0.6) is 0 Å². The van der Waals surface area contributed by atoms with Crippen LogP contribution in [0.1, 0.15) is 18.1 Å². The van der Waals surface area contributed by atoms with Gasteiger partial charge in [0.05, 0.1) is 6.61 Å². The van der Waals surface area contributed by atoms with Crippen molar-refractivity contribution in [2.45, 2.75) is 13.8 Å². The first-order chi connectivity index (χ1) is 9.67. The Morgan fingerprint density at radius 2 is 2.10 bits per heavy atom. The van der Waals surface area contributed by atoms with Crippen molar-refractivity contribution in [3.63, 3.8) is 0 Å². The Balaban J connectivity index is 2.35. The van der Waals surface area contributed by atoms with Crippen molar-refractivity contribution in [3.05, 3.63) is 41.5 Å². The number of hydrogen-bond acceptors (Lipinski definition) is 3. The summed E-state index contributed by atoms with van der Waals surface area (Å²) in [6.45, 7) is 7.06. The first-order valence-corrected chi connectivity index (χ1v) is 7.02. The topological polar surface area (TPSA) is 52.6 Å². The Hall–Kier alpha value is -1.65. The van der Waals surface area contributed by atoms with Gasteiger partial charge in [-0.25, -0.2) is 0 Å². The van der Waals surface area contributed by atoms with E-state index in [0.717, 1.165) is 24.2 Å². The number of carbonyl (C=O) groups is 1. The fourth-order valence-corrected chi connectivity index (χ4v) is 1.90. The second-order valence-corrected chi connectivity index (χ2v) is 4.64. The Labute approximate surface area is 121 Å². The number of benzene rings is 1. The molecule has 1 aromatic carbocycles. The third-order valence-electron chi connectivity index (χ3n) is 3.19. The molecular weight excluding hydrogens is 252 g/mol. The predicted molar refractivity (Wildman–Crippen MR) is 82.4 cm³/mol. The van der Waals surface area contributed by atoms with Crippen molar-refractivity contribution in [1.82, 2.24) is 10.2 Å². The SMILES string of the molecule is CCN(CCO)CCNC(=O)/C=C/c1ccccc1C. The van der Waals surface area contributed by atoms with Crippen LogP contribution in [0.15, 0.2) is 30.3 Å². The summed E-state index contributed by atoms with van der Waals surface area (Å²) in [7, 11) is 0. The monoisotopic (exact) mass is 276 g/mol. The molecule has 1 aromatic rings. The lowest BCUT2D eigenvalue weighted by atomic mass is 10.1. The molecule has 0 saturated carbocycles. The van der Waals surface area contributed by atoms with Gasteiger partial charge >= 0.3 is 0 Å². The highest BCUT2D eigenvalue weighted by Gasteiger charge is 2.01. The Kier molecular flexibility index (Phi) is 7.62. The van der Waals surface area contributed by atoms with Crippen molar-refractivity contribution >= 4 is 12.0 Å². The smallest absolute Gasteiger partial charge is 0.244 e. The number of likely N-dealkylation sites (N-methyl/N-ethyl adjacent to an activating group) is 1. The zero-order valence-electron chi connectivity index (χ0n) is 12.3. The van der Waals surface area contributed by atoms with Gasteiger partial charge in [0.15, 0.2) is 0 Å². The second kappa shape index (κ2) is 9.28. The van der Waals surface area contributed by atoms with Crippen LogP contribution in [-0.4, -0.2) is 48.7 Å². The zero-order chi connectivity index (χ0) is 14.8. The average molecular weight is 276 g/mol. The van der Waals surface area contributed by atoms with Crippen molar-refractivity contribution in [2.24, 2.45) is 0 Å². The van der Waals surface area contributed by atoms with Crippen LogP contribution in [0.25, 0.3) is 6.08 Å². The molecule has 0 aliphatic rings. The number of nitrogens with one attached hydrogen (secondary N) is 1. The highest BCUT2D eigenvalue weighted by molar-refractivity contribution is 5.91. The van der Waals surface area contributed by atoms with E-state index in [9.17, 15) is 4.79 Å². The van der Waals surface area contributed by atoms with Gasteiger partial charge in [0, 0.05) is 25.7 Å². The molecule has 0 radical (unpaired) electrons. The minimum absolute atomic E-state index is 0.0895. The van der Waals surface area contributed by atoms with Crippen LogP contribution in [0.3, 0.4) is 0 Å². The zero-order valence-corrected chi connectivity index (χ0v) is 12.3. The number of amides is 1. The Morgan fingerprint density at radius 3 is 2.75 bits per heavy atom. The molecule has 0 heterocycles. The molecule has 0 aliphatic heterocycles. The molecule has 0 fully saturated rings. The molecule has 4 heteroatoms. The summed E-state index contributed by atoms with van der Waals surface area (Å²) in [5.41, 5.74) is 2.20. The number of carbonyl (C=O) groups excluding carboxylic acids is 1. The van der Waals surface area contributed by atoms with Crippen LogP contribution in [-0.2, 0) is 4.79 Å². The lowest BCUT2D eigenvalue weighted by molar-refractivity contribution is -0.116. The molecule has 0 aliphatic carbocycles. The third kappa shape index (κ3) is 5.99. The Bertz CT molecular complexity index is 444. The van der Waals surface area contributed by atoms with E-state index in [4.69, 9.17) is 5.11 Å². The molecule has 1 amide bonds. The molecule has 0 bridgehead atoms. The second-order valence-electron chi connectivity index (χ2n) is 4.64. The molecule has 20 heavy (non-hydrogen) atoms. The van der Waals surface area contributed by atoms with E-state index in [1.165, 1.54) is 0 Å². The highest BCUT2D eigenvalue weighted by Crippen LogP contribution is 2.08. The maximum atomic E-state index is 11.7. The standard InChI is InChI=1S/C16H24N2O2/c1-3-18(12-13-19)11-10-17-16(20)9-8-15-7-5-4-6-14(15)2/h4-9,19H,3,10-13H2,1-2H3,(H,17,20)/b9-8+. The molecule has 0 saturated heterocycles. The van der Waals surface area contributed by atoms with Gasteiger partial charge in [0.2, 0.25) is 5.91 Å². The van der Waals surface area contributed by atoms with Gasteiger partial charge in [-0.15, -0.1) is 0 Å². The number of nitrogens with zero attached hydrogens (tertiary/aromatic N) is 1. The van der Waals surface area contributed by atoms with E-state index >= 15 is 0 Å². The van der Waals surface area contributed by atoms with Gasteiger partial charge in [0.1, 0.15) is 0 Å². The van der Waals surface area contributed by atoms with E-state index in [1.807, 2.05) is 44.2 Å². The number of hydrogen-bond donors (Lipinski definition) is 2. The lowest BCUT2D eigenvalue weighted by Gasteiger charge is -2.18. The average Bonchev–Trinajstić information content (AvgIpc) is 2.45. The van der Waals surface area contributed by atoms with E-state index in [2.05, 4.69) is 10.2 Å². The van der Waals surface area contributed by atoms with Gasteiger partial charge in [-0.1, -0.05) is 31.2 Å². The number of rotatable bonds is 8. The highest BCUT2D eigenvalue weighted by atomic mass is 16.3. The van der Waals surface area contributed by atoms with Gasteiger partial charge in [-0.2, -0.15) is 0 Å². The van der Waals surface area contributed by atoms with Gasteiger partial charge in [-0.05, 0) is 30.7 Å². The van der Waals surface area contributed by atoms with Crippen LogP contribution in [0.4, 0.5) is 0 Å². The van der Waals surface area contributed by atoms with Crippen LogP contribution in [0, 0.1) is 6.92 Å². The minimum atomic E-state index is -0.0895. The van der Waals surface area contributed by atoms with Gasteiger partial charge < -0.3 is 10.4 Å². The predicted octanol–water partition coefficient (Wildman–Crippen LogP) is 1.44. The van der Waals surface area contributed by atoms with Crippen molar-refractivity contribution < 1.29 is 9.90 Å². The molecule has 1 rings (SSSR count). The van der Waals surface area contributed by atoms with Crippen molar-refractivity contribution in [1.29, 1.82) is 0 Å². The largest absolute Gasteiger partial charge is 0.395 e. The number of aliphatic hydroxyl groups excluding tert-OH is 1. The molecule has 110 valence electrons. The molecule has 0 atom stereocenters. The van der Waals surface area contributed by atoms with Crippen molar-refractivity contribution in [3.8, 4) is 0 Å². The van der Waals surface area contributed by atoms with E-state index in [1.54, 1.807) is 6.08 Å². The number of aryl methyl sites for hydroxylation is 1. The molecule has 2 N–H and O–H groups in total. The summed E-state index contributed by atoms with van der Waals surface area (Å²) < 4.78 is 0. The van der Waals surface area contributed by atoms with Gasteiger partial charge in [0.25, 0.3) is 0 Å². The summed E-state index contributed by atoms with van der Waals surface area (Å²) in [5.74, 6) is -0.0895. The fraction of sp³-hybridized carbons (Fsp3) is 0.438. The first-order valence-electron chi connectivity index (χ1n) is 7.02. The quantitative estimate of drug-likeness (QED) is 0.706. The lowest BCUT2D eigenvalue weighted by Crippen LogP contribution is -2.35. The Morgan fingerprint density at radius 1 is 1.35 bits per heavy atom. The van der Waals surface area contributed by atoms with E-state index in [-0.39, 0.29) is 12.5 Å². The summed E-state index contributed by atoms with van der Waals surface area (Å²) in [5, 5.41) is 11.7. The maximum absolute atomic E-state index is 11.7. The normalized spacial score (nSPS) is 11.2. The molecule has 0 unspecified atom stereocenters. The van der Waals surface area contributed by atoms with E-state index in [0.29, 0.717) is 13.1 Å². The summed E-state index contributed by atoms with van der Waals surface area (Å²) in [6.07, 6.45) is 3.39. The maximum Gasteiger partial charge on any atom is 0.244 e. The van der Waals surface area contributed by atoms with Crippen LogP contribution < -0.4 is 5.32 Å². The molecule has 0 spiro atoms. The molecule has 4 nitrogen and oxygen atoms in total. The van der Waals surface area contributed by atoms with E-state index < -0.39 is 0 Å².